The molecule has 9 heteroatoms. The summed E-state index contributed by atoms with van der Waals surface area (Å²) in [5, 5.41) is 12.0. The minimum atomic E-state index is -0.461. The van der Waals surface area contributed by atoms with Gasteiger partial charge in [0.25, 0.3) is 0 Å². The lowest BCUT2D eigenvalue weighted by Gasteiger charge is -2.09. The van der Waals surface area contributed by atoms with Crippen molar-refractivity contribution in [1.29, 1.82) is 0 Å². The minimum Gasteiger partial charge on any atom is -0.497 e. The van der Waals surface area contributed by atoms with Gasteiger partial charge in [-0.3, -0.25) is 4.79 Å². The number of benzene rings is 2. The third-order valence-electron chi connectivity index (χ3n) is 4.53. The Balaban J connectivity index is 1.64. The van der Waals surface area contributed by atoms with Gasteiger partial charge in [-0.05, 0) is 35.9 Å². The summed E-state index contributed by atoms with van der Waals surface area (Å²) in [6, 6.07) is 14.4. The van der Waals surface area contributed by atoms with Crippen molar-refractivity contribution in [3.8, 4) is 5.75 Å². The van der Waals surface area contributed by atoms with Crippen molar-refractivity contribution in [1.82, 2.24) is 14.8 Å². The highest BCUT2D eigenvalue weighted by Gasteiger charge is 2.15. The van der Waals surface area contributed by atoms with E-state index in [0.29, 0.717) is 29.4 Å². The van der Waals surface area contributed by atoms with Gasteiger partial charge in [-0.1, -0.05) is 36.0 Å². The molecule has 0 unspecified atom stereocenters. The average Bonchev–Trinajstić information content (AvgIpc) is 3.19. The zero-order chi connectivity index (χ0) is 22.9. The average molecular weight is 453 g/mol. The number of rotatable bonds is 10. The molecule has 0 saturated carbocycles. The molecule has 2 aromatic carbocycles. The van der Waals surface area contributed by atoms with Gasteiger partial charge in [0, 0.05) is 18.7 Å². The van der Waals surface area contributed by atoms with E-state index in [1.54, 1.807) is 37.5 Å². The second-order valence-corrected chi connectivity index (χ2v) is 7.67. The number of nitrogens with one attached hydrogen (secondary N) is 1. The molecule has 0 bridgehead atoms. The maximum atomic E-state index is 12.4. The van der Waals surface area contributed by atoms with Crippen LogP contribution in [0, 0.1) is 0 Å². The van der Waals surface area contributed by atoms with Crippen LogP contribution in [0.15, 0.2) is 66.3 Å². The van der Waals surface area contributed by atoms with Crippen LogP contribution in [0.25, 0.3) is 0 Å². The molecule has 3 rings (SSSR count). The topological polar surface area (TPSA) is 95.3 Å². The van der Waals surface area contributed by atoms with Crippen molar-refractivity contribution in [3.63, 3.8) is 0 Å². The van der Waals surface area contributed by atoms with Crippen LogP contribution in [0.1, 0.15) is 21.7 Å². The Kier molecular flexibility index (Phi) is 8.04. The molecule has 0 fully saturated rings. The van der Waals surface area contributed by atoms with Gasteiger partial charge in [0.2, 0.25) is 5.91 Å². The zero-order valence-corrected chi connectivity index (χ0v) is 18.7. The van der Waals surface area contributed by atoms with Gasteiger partial charge in [0.15, 0.2) is 5.16 Å². The van der Waals surface area contributed by atoms with E-state index < -0.39 is 5.97 Å². The molecule has 0 radical (unpaired) electrons. The first-order valence-electron chi connectivity index (χ1n) is 9.81. The van der Waals surface area contributed by atoms with Crippen molar-refractivity contribution >= 4 is 29.3 Å². The predicted molar refractivity (Wildman–Crippen MR) is 123 cm³/mol. The first-order valence-corrected chi connectivity index (χ1v) is 10.8. The molecule has 0 atom stereocenters. The van der Waals surface area contributed by atoms with E-state index in [4.69, 9.17) is 9.47 Å². The maximum absolute atomic E-state index is 12.4. The van der Waals surface area contributed by atoms with Gasteiger partial charge in [0.05, 0.1) is 25.5 Å². The fourth-order valence-corrected chi connectivity index (χ4v) is 3.73. The predicted octanol–water partition coefficient (Wildman–Crippen LogP) is 3.58. The quantitative estimate of drug-likeness (QED) is 0.285. The summed E-state index contributed by atoms with van der Waals surface area (Å²) < 4.78 is 11.8. The molecule has 0 aliphatic heterocycles. The highest BCUT2D eigenvalue weighted by atomic mass is 32.2. The number of hydrogen-bond donors (Lipinski definition) is 1. The van der Waals surface area contributed by atoms with Crippen LogP contribution in [0.3, 0.4) is 0 Å². The maximum Gasteiger partial charge on any atom is 0.337 e. The zero-order valence-electron chi connectivity index (χ0n) is 17.9. The second-order valence-electron chi connectivity index (χ2n) is 6.73. The fraction of sp³-hybridized carbons (Fsp3) is 0.217. The van der Waals surface area contributed by atoms with Gasteiger partial charge in [0.1, 0.15) is 11.6 Å². The molecular formula is C23H24N4O4S. The lowest BCUT2D eigenvalue weighted by Crippen LogP contribution is -2.15. The summed E-state index contributed by atoms with van der Waals surface area (Å²) in [4.78, 5) is 24.1. The van der Waals surface area contributed by atoms with E-state index in [2.05, 4.69) is 22.1 Å². The fourth-order valence-electron chi connectivity index (χ4n) is 2.96. The van der Waals surface area contributed by atoms with Gasteiger partial charge in [-0.15, -0.1) is 16.8 Å². The van der Waals surface area contributed by atoms with Crippen LogP contribution in [0.2, 0.25) is 0 Å². The van der Waals surface area contributed by atoms with Crippen LogP contribution in [0.5, 0.6) is 5.75 Å². The Bertz CT molecular complexity index is 1100. The monoisotopic (exact) mass is 452 g/mol. The lowest BCUT2D eigenvalue weighted by molar-refractivity contribution is -0.113. The molecule has 166 valence electrons. The number of nitrogens with zero attached hydrogens (tertiary/aromatic N) is 3. The normalized spacial score (nSPS) is 10.4. The van der Waals surface area contributed by atoms with Crippen LogP contribution in [0.4, 0.5) is 5.69 Å². The van der Waals surface area contributed by atoms with Gasteiger partial charge in [-0.25, -0.2) is 4.79 Å². The smallest absolute Gasteiger partial charge is 0.337 e. The SMILES string of the molecule is C=CCn1c(Cc2ccc(OC)cc2)nnc1SCC(=O)Nc1cccc(C(=O)OC)c1. The van der Waals surface area contributed by atoms with E-state index in [1.165, 1.54) is 18.9 Å². The van der Waals surface area contributed by atoms with Crippen molar-refractivity contribution < 1.29 is 19.1 Å². The van der Waals surface area contributed by atoms with Crippen LogP contribution in [-0.2, 0) is 22.5 Å². The largest absolute Gasteiger partial charge is 0.497 e. The van der Waals surface area contributed by atoms with Crippen LogP contribution >= 0.6 is 11.8 Å². The van der Waals surface area contributed by atoms with Crippen LogP contribution < -0.4 is 10.1 Å². The van der Waals surface area contributed by atoms with Crippen molar-refractivity contribution in [3.05, 3.63) is 78.1 Å². The Morgan fingerprint density at radius 2 is 1.94 bits per heavy atom. The van der Waals surface area contributed by atoms with E-state index in [9.17, 15) is 9.59 Å². The Labute approximate surface area is 190 Å². The number of allylic oxidation sites excluding steroid dienone is 1. The number of carbonyl (C=O) groups excluding carboxylic acids is 2. The number of ether oxygens (including phenoxy) is 2. The molecule has 32 heavy (non-hydrogen) atoms. The molecule has 0 aliphatic carbocycles. The summed E-state index contributed by atoms with van der Waals surface area (Å²) in [7, 11) is 2.94. The Morgan fingerprint density at radius 1 is 1.16 bits per heavy atom. The van der Waals surface area contributed by atoms with Gasteiger partial charge < -0.3 is 19.4 Å². The number of anilines is 1. The lowest BCUT2D eigenvalue weighted by atomic mass is 10.1. The molecule has 1 heterocycles. The molecular weight excluding hydrogens is 428 g/mol. The number of amides is 1. The van der Waals surface area contributed by atoms with Gasteiger partial charge >= 0.3 is 5.97 Å². The molecule has 8 nitrogen and oxygen atoms in total. The highest BCUT2D eigenvalue weighted by Crippen LogP contribution is 2.21. The minimum absolute atomic E-state index is 0.139. The van der Waals surface area contributed by atoms with Crippen molar-refractivity contribution in [2.24, 2.45) is 0 Å². The summed E-state index contributed by atoms with van der Waals surface area (Å²) in [5.74, 6) is 1.03. The first-order chi connectivity index (χ1) is 15.5. The molecule has 0 saturated heterocycles. The first kappa shape index (κ1) is 23.1. The van der Waals surface area contributed by atoms with Crippen molar-refractivity contribution in [2.75, 3.05) is 25.3 Å². The van der Waals surface area contributed by atoms with E-state index in [0.717, 1.165) is 17.1 Å². The molecule has 1 amide bonds. The van der Waals surface area contributed by atoms with Crippen LogP contribution in [-0.4, -0.2) is 46.6 Å². The van der Waals surface area contributed by atoms with Gasteiger partial charge in [-0.2, -0.15) is 0 Å². The molecule has 1 N–H and O–H groups in total. The molecule has 3 aromatic rings. The Morgan fingerprint density at radius 3 is 2.62 bits per heavy atom. The number of carbonyl (C=O) groups is 2. The number of thioether (sulfide) groups is 1. The number of methoxy groups -OCH3 is 2. The number of esters is 1. The summed E-state index contributed by atoms with van der Waals surface area (Å²) in [6.45, 7) is 4.34. The second kappa shape index (κ2) is 11.1. The molecule has 1 aromatic heterocycles. The summed E-state index contributed by atoms with van der Waals surface area (Å²) >= 11 is 1.28. The van der Waals surface area contributed by atoms with E-state index in [1.807, 2.05) is 28.8 Å². The van der Waals surface area contributed by atoms with Crippen molar-refractivity contribution in [2.45, 2.75) is 18.1 Å². The number of aromatic nitrogens is 3. The third kappa shape index (κ3) is 5.98. The van der Waals surface area contributed by atoms with E-state index >= 15 is 0 Å². The molecule has 0 aliphatic rings. The third-order valence-corrected chi connectivity index (χ3v) is 5.49. The standard InChI is InChI=1S/C23H24N4O4S/c1-4-12-27-20(13-16-8-10-19(30-2)11-9-16)25-26-23(27)32-15-21(28)24-18-7-5-6-17(14-18)22(29)31-3/h4-11,14H,1,12-13,15H2,2-3H3,(H,24,28). The number of hydrogen-bond acceptors (Lipinski definition) is 7. The Hall–Kier alpha value is -3.59. The summed E-state index contributed by atoms with van der Waals surface area (Å²) in [5.41, 5.74) is 1.96. The highest BCUT2D eigenvalue weighted by molar-refractivity contribution is 7.99. The van der Waals surface area contributed by atoms with E-state index in [-0.39, 0.29) is 11.7 Å². The molecule has 0 spiro atoms. The summed E-state index contributed by atoms with van der Waals surface area (Å²) in [6.07, 6.45) is 2.36.